The molecule has 1 aromatic carbocycles. The summed E-state index contributed by atoms with van der Waals surface area (Å²) in [5.41, 5.74) is 1.16. The second-order valence-corrected chi connectivity index (χ2v) is 5.84. The molecule has 1 aliphatic carbocycles. The smallest absolute Gasteiger partial charge is 0.164 e. The summed E-state index contributed by atoms with van der Waals surface area (Å²) < 4.78 is 8.04. The van der Waals surface area contributed by atoms with Gasteiger partial charge in [0.25, 0.3) is 0 Å². The maximum Gasteiger partial charge on any atom is 0.164 e. The van der Waals surface area contributed by atoms with Crippen molar-refractivity contribution in [3.05, 3.63) is 40.4 Å². The average molecular weight is 337 g/mol. The zero-order valence-electron chi connectivity index (χ0n) is 11.3. The molecule has 20 heavy (non-hydrogen) atoms. The molecule has 0 spiro atoms. The number of benzene rings is 1. The third-order valence-corrected chi connectivity index (χ3v) is 3.89. The molecule has 1 saturated carbocycles. The van der Waals surface area contributed by atoms with Crippen molar-refractivity contribution in [2.24, 2.45) is 0 Å². The Morgan fingerprint density at radius 1 is 1.45 bits per heavy atom. The van der Waals surface area contributed by atoms with E-state index in [-0.39, 0.29) is 0 Å². The van der Waals surface area contributed by atoms with E-state index in [1.165, 1.54) is 12.8 Å². The summed E-state index contributed by atoms with van der Waals surface area (Å²) in [7, 11) is 1.66. The summed E-state index contributed by atoms with van der Waals surface area (Å²) in [6.45, 7) is 1.46. The first kappa shape index (κ1) is 13.6. The van der Waals surface area contributed by atoms with Gasteiger partial charge in [-0.1, -0.05) is 6.07 Å². The Morgan fingerprint density at radius 2 is 2.30 bits per heavy atom. The van der Waals surface area contributed by atoms with Gasteiger partial charge in [0.1, 0.15) is 12.1 Å². The number of ether oxygens (including phenoxy) is 1. The Labute approximate surface area is 126 Å². The molecular weight excluding hydrogens is 320 g/mol. The Kier molecular flexibility index (Phi) is 4.03. The molecule has 6 heteroatoms. The minimum absolute atomic E-state index is 0.680. The van der Waals surface area contributed by atoms with E-state index >= 15 is 0 Å². The van der Waals surface area contributed by atoms with Crippen molar-refractivity contribution in [1.29, 1.82) is 0 Å². The number of halogens is 1. The van der Waals surface area contributed by atoms with Gasteiger partial charge in [-0.05, 0) is 46.5 Å². The van der Waals surface area contributed by atoms with E-state index in [1.54, 1.807) is 13.4 Å². The average Bonchev–Trinajstić information content (AvgIpc) is 3.17. The number of hydrogen-bond donors (Lipinski definition) is 1. The lowest BCUT2D eigenvalue weighted by molar-refractivity contribution is 0.412. The summed E-state index contributed by atoms with van der Waals surface area (Å²) in [6, 6.07) is 6.71. The first-order valence-electron chi connectivity index (χ1n) is 6.69. The standard InChI is InChI=1S/C14H17BrN4O/c1-20-13-5-2-10(6-12(13)15)8-19-9-17-14(18-19)7-16-11-3-4-11/h2,5-6,9,11,16H,3-4,7-8H2,1H3. The molecule has 1 N–H and O–H groups in total. The van der Waals surface area contributed by atoms with Gasteiger partial charge in [0.15, 0.2) is 5.82 Å². The molecule has 0 bridgehead atoms. The fourth-order valence-electron chi connectivity index (χ4n) is 2.01. The molecule has 0 aliphatic heterocycles. The molecule has 106 valence electrons. The number of aromatic nitrogens is 3. The fraction of sp³-hybridized carbons (Fsp3) is 0.429. The minimum atomic E-state index is 0.680. The zero-order chi connectivity index (χ0) is 13.9. The van der Waals surface area contributed by atoms with Gasteiger partial charge in [-0.2, -0.15) is 5.10 Å². The van der Waals surface area contributed by atoms with Gasteiger partial charge in [0.2, 0.25) is 0 Å². The van der Waals surface area contributed by atoms with Gasteiger partial charge in [-0.25, -0.2) is 9.67 Å². The predicted octanol–water partition coefficient (Wildman–Crippen LogP) is 2.35. The highest BCUT2D eigenvalue weighted by Gasteiger charge is 2.20. The van der Waals surface area contributed by atoms with Crippen LogP contribution in [-0.4, -0.2) is 27.9 Å². The maximum atomic E-state index is 5.22. The van der Waals surface area contributed by atoms with Crippen LogP contribution in [0.3, 0.4) is 0 Å². The number of hydrogen-bond acceptors (Lipinski definition) is 4. The molecule has 5 nitrogen and oxygen atoms in total. The van der Waals surface area contributed by atoms with Gasteiger partial charge in [-0.15, -0.1) is 0 Å². The second-order valence-electron chi connectivity index (χ2n) is 4.98. The highest BCUT2D eigenvalue weighted by molar-refractivity contribution is 9.10. The van der Waals surface area contributed by atoms with E-state index in [0.717, 1.165) is 28.2 Å². The first-order chi connectivity index (χ1) is 9.74. The van der Waals surface area contributed by atoms with Gasteiger partial charge in [0, 0.05) is 6.04 Å². The molecule has 0 radical (unpaired) electrons. The van der Waals surface area contributed by atoms with E-state index in [1.807, 2.05) is 22.9 Å². The van der Waals surface area contributed by atoms with Crippen molar-refractivity contribution < 1.29 is 4.74 Å². The lowest BCUT2D eigenvalue weighted by Crippen LogP contribution is -2.16. The van der Waals surface area contributed by atoms with E-state index in [4.69, 9.17) is 4.74 Å². The molecule has 1 fully saturated rings. The highest BCUT2D eigenvalue weighted by atomic mass is 79.9. The summed E-state index contributed by atoms with van der Waals surface area (Å²) in [5, 5.41) is 7.89. The summed E-state index contributed by atoms with van der Waals surface area (Å²) in [4.78, 5) is 4.32. The Balaban J connectivity index is 1.63. The van der Waals surface area contributed by atoms with Crippen LogP contribution in [0.4, 0.5) is 0 Å². The summed E-state index contributed by atoms with van der Waals surface area (Å²) in [5.74, 6) is 1.69. The van der Waals surface area contributed by atoms with Crippen LogP contribution >= 0.6 is 15.9 Å². The van der Waals surface area contributed by atoms with Crippen molar-refractivity contribution in [2.45, 2.75) is 32.0 Å². The van der Waals surface area contributed by atoms with Gasteiger partial charge < -0.3 is 10.1 Å². The molecular formula is C14H17BrN4O. The SMILES string of the molecule is COc1ccc(Cn2cnc(CNC3CC3)n2)cc1Br. The normalized spacial score (nSPS) is 14.5. The van der Waals surface area contributed by atoms with Crippen LogP contribution in [0.2, 0.25) is 0 Å². The largest absolute Gasteiger partial charge is 0.496 e. The van der Waals surface area contributed by atoms with Crippen molar-refractivity contribution in [1.82, 2.24) is 20.1 Å². The highest BCUT2D eigenvalue weighted by Crippen LogP contribution is 2.25. The van der Waals surface area contributed by atoms with Crippen molar-refractivity contribution in [2.75, 3.05) is 7.11 Å². The van der Waals surface area contributed by atoms with Crippen LogP contribution in [-0.2, 0) is 13.1 Å². The van der Waals surface area contributed by atoms with Gasteiger partial charge in [-0.3, -0.25) is 0 Å². The Bertz CT molecular complexity index is 595. The molecule has 0 saturated heterocycles. The van der Waals surface area contributed by atoms with E-state index in [2.05, 4.69) is 31.3 Å². The Hall–Kier alpha value is -1.40. The lowest BCUT2D eigenvalue weighted by atomic mass is 10.2. The molecule has 3 rings (SSSR count). The van der Waals surface area contributed by atoms with Crippen LogP contribution < -0.4 is 10.1 Å². The second kappa shape index (κ2) is 5.93. The maximum absolute atomic E-state index is 5.22. The van der Waals surface area contributed by atoms with Crippen LogP contribution in [0.25, 0.3) is 0 Å². The third kappa shape index (κ3) is 3.37. The monoisotopic (exact) mass is 336 g/mol. The van der Waals surface area contributed by atoms with Crippen LogP contribution in [0.1, 0.15) is 24.2 Å². The first-order valence-corrected chi connectivity index (χ1v) is 7.48. The molecule has 2 aromatic rings. The van der Waals surface area contributed by atoms with Crippen LogP contribution in [0.15, 0.2) is 29.0 Å². The number of nitrogens with one attached hydrogen (secondary N) is 1. The lowest BCUT2D eigenvalue weighted by Gasteiger charge is -2.06. The molecule has 1 heterocycles. The molecule has 0 unspecified atom stereocenters. The predicted molar refractivity (Wildman–Crippen MR) is 79.7 cm³/mol. The number of rotatable bonds is 6. The van der Waals surface area contributed by atoms with Crippen molar-refractivity contribution in [3.8, 4) is 5.75 Å². The summed E-state index contributed by atoms with van der Waals surface area (Å²) >= 11 is 3.49. The van der Waals surface area contributed by atoms with E-state index in [0.29, 0.717) is 12.6 Å². The number of nitrogens with zero attached hydrogens (tertiary/aromatic N) is 3. The van der Waals surface area contributed by atoms with E-state index in [9.17, 15) is 0 Å². The molecule has 0 atom stereocenters. The van der Waals surface area contributed by atoms with E-state index < -0.39 is 0 Å². The third-order valence-electron chi connectivity index (χ3n) is 3.27. The zero-order valence-corrected chi connectivity index (χ0v) is 12.9. The minimum Gasteiger partial charge on any atom is -0.496 e. The quantitative estimate of drug-likeness (QED) is 0.879. The van der Waals surface area contributed by atoms with Crippen LogP contribution in [0, 0.1) is 0 Å². The van der Waals surface area contributed by atoms with Crippen molar-refractivity contribution in [3.63, 3.8) is 0 Å². The van der Waals surface area contributed by atoms with Gasteiger partial charge >= 0.3 is 0 Å². The molecule has 0 amide bonds. The van der Waals surface area contributed by atoms with Crippen LogP contribution in [0.5, 0.6) is 5.75 Å². The Morgan fingerprint density at radius 3 is 3.00 bits per heavy atom. The fourth-order valence-corrected chi connectivity index (χ4v) is 2.60. The van der Waals surface area contributed by atoms with Crippen molar-refractivity contribution >= 4 is 15.9 Å². The molecule has 1 aliphatic rings. The molecule has 1 aromatic heterocycles. The topological polar surface area (TPSA) is 52.0 Å². The summed E-state index contributed by atoms with van der Waals surface area (Å²) in [6.07, 6.45) is 4.34. The number of methoxy groups -OCH3 is 1. The van der Waals surface area contributed by atoms with Gasteiger partial charge in [0.05, 0.1) is 24.7 Å².